The summed E-state index contributed by atoms with van der Waals surface area (Å²) in [4.78, 5) is 29.1. The molecule has 124 valence electrons. The molecule has 0 spiro atoms. The Labute approximate surface area is 140 Å². The fraction of sp³-hybridized carbons (Fsp3) is 0.438. The Bertz CT molecular complexity index is 604. The standard InChI is InChI=1S/C16H21N3O3S/c1-3-4-8-22-16-12(6-5-7-17-16)10-18-13(20)9-15-19(2)14(21)11-23-15/h5-7,9H,3-4,8,10-11H2,1-2H3,(H,18,20)/b15-9+. The van der Waals surface area contributed by atoms with Crippen molar-refractivity contribution in [3.8, 4) is 5.88 Å². The fourth-order valence-electron chi connectivity index (χ4n) is 1.94. The topological polar surface area (TPSA) is 71.5 Å². The zero-order valence-corrected chi connectivity index (χ0v) is 14.2. The molecule has 1 aliphatic rings. The fourth-order valence-corrected chi connectivity index (χ4v) is 2.89. The number of rotatable bonds is 7. The van der Waals surface area contributed by atoms with Crippen LogP contribution in [0.2, 0.25) is 0 Å². The number of carbonyl (C=O) groups is 2. The zero-order chi connectivity index (χ0) is 16.7. The van der Waals surface area contributed by atoms with Gasteiger partial charge in [0, 0.05) is 31.4 Å². The van der Waals surface area contributed by atoms with E-state index in [9.17, 15) is 9.59 Å². The summed E-state index contributed by atoms with van der Waals surface area (Å²) in [5, 5.41) is 3.47. The van der Waals surface area contributed by atoms with Gasteiger partial charge in [0.15, 0.2) is 0 Å². The summed E-state index contributed by atoms with van der Waals surface area (Å²) in [6.07, 6.45) is 5.14. The molecule has 0 atom stereocenters. The van der Waals surface area contributed by atoms with Crippen LogP contribution in [-0.4, -0.2) is 41.1 Å². The predicted molar refractivity (Wildman–Crippen MR) is 89.8 cm³/mol. The minimum Gasteiger partial charge on any atom is -0.477 e. The van der Waals surface area contributed by atoms with Gasteiger partial charge in [0.2, 0.25) is 17.7 Å². The number of hydrogen-bond acceptors (Lipinski definition) is 5. The van der Waals surface area contributed by atoms with E-state index in [0.717, 1.165) is 18.4 Å². The van der Waals surface area contributed by atoms with Crippen LogP contribution in [0.4, 0.5) is 0 Å². The second-order valence-electron chi connectivity index (χ2n) is 5.11. The van der Waals surface area contributed by atoms with Crippen molar-refractivity contribution >= 4 is 23.6 Å². The highest BCUT2D eigenvalue weighted by molar-refractivity contribution is 8.04. The molecule has 1 fully saturated rings. The Kier molecular flexibility index (Phi) is 6.46. The van der Waals surface area contributed by atoms with E-state index in [4.69, 9.17) is 4.74 Å². The number of nitrogens with zero attached hydrogens (tertiary/aromatic N) is 2. The molecule has 2 heterocycles. The molecular weight excluding hydrogens is 314 g/mol. The molecule has 1 N–H and O–H groups in total. The van der Waals surface area contributed by atoms with E-state index in [1.165, 1.54) is 22.7 Å². The maximum Gasteiger partial charge on any atom is 0.246 e. The maximum absolute atomic E-state index is 12.0. The quantitative estimate of drug-likeness (QED) is 0.609. The minimum atomic E-state index is -0.239. The van der Waals surface area contributed by atoms with Crippen molar-refractivity contribution in [3.05, 3.63) is 35.0 Å². The van der Waals surface area contributed by atoms with E-state index < -0.39 is 0 Å². The molecule has 0 aromatic carbocycles. The first-order valence-electron chi connectivity index (χ1n) is 7.57. The number of pyridine rings is 1. The lowest BCUT2D eigenvalue weighted by Gasteiger charge is -2.11. The highest BCUT2D eigenvalue weighted by Gasteiger charge is 2.23. The van der Waals surface area contributed by atoms with Gasteiger partial charge in [0.25, 0.3) is 0 Å². The van der Waals surface area contributed by atoms with Gasteiger partial charge in [-0.2, -0.15) is 0 Å². The van der Waals surface area contributed by atoms with E-state index in [1.807, 2.05) is 12.1 Å². The van der Waals surface area contributed by atoms with Crippen LogP contribution in [0, 0.1) is 0 Å². The molecule has 6 nitrogen and oxygen atoms in total. The van der Waals surface area contributed by atoms with E-state index in [1.54, 1.807) is 13.2 Å². The average Bonchev–Trinajstić information content (AvgIpc) is 2.86. The number of nitrogens with one attached hydrogen (secondary N) is 1. The van der Waals surface area contributed by atoms with Crippen LogP contribution >= 0.6 is 11.8 Å². The summed E-state index contributed by atoms with van der Waals surface area (Å²) >= 11 is 1.36. The Morgan fingerprint density at radius 1 is 1.57 bits per heavy atom. The molecule has 1 aliphatic heterocycles. The van der Waals surface area contributed by atoms with E-state index in [2.05, 4.69) is 17.2 Å². The predicted octanol–water partition coefficient (Wildman–Crippen LogP) is 1.92. The lowest BCUT2D eigenvalue weighted by atomic mass is 10.2. The Hall–Kier alpha value is -2.02. The normalized spacial score (nSPS) is 16.0. The lowest BCUT2D eigenvalue weighted by Crippen LogP contribution is -2.24. The third-order valence-corrected chi connectivity index (χ3v) is 4.42. The first kappa shape index (κ1) is 17.3. The second-order valence-corrected chi connectivity index (χ2v) is 6.11. The van der Waals surface area contributed by atoms with Crippen LogP contribution in [0.5, 0.6) is 5.88 Å². The van der Waals surface area contributed by atoms with Crippen molar-refractivity contribution in [3.63, 3.8) is 0 Å². The highest BCUT2D eigenvalue weighted by Crippen LogP contribution is 2.26. The van der Waals surface area contributed by atoms with Crippen LogP contribution in [0.15, 0.2) is 29.4 Å². The molecule has 1 aromatic heterocycles. The Morgan fingerprint density at radius 3 is 3.09 bits per heavy atom. The van der Waals surface area contributed by atoms with Crippen LogP contribution in [-0.2, 0) is 16.1 Å². The molecule has 2 amide bonds. The highest BCUT2D eigenvalue weighted by atomic mass is 32.2. The lowest BCUT2D eigenvalue weighted by molar-refractivity contribution is -0.124. The SMILES string of the molecule is CCCCOc1ncccc1CNC(=O)/C=C1/SCC(=O)N1C. The number of amides is 2. The average molecular weight is 335 g/mol. The van der Waals surface area contributed by atoms with Crippen LogP contribution in [0.3, 0.4) is 0 Å². The monoisotopic (exact) mass is 335 g/mol. The summed E-state index contributed by atoms with van der Waals surface area (Å²) in [5.41, 5.74) is 0.832. The molecule has 0 bridgehead atoms. The Balaban J connectivity index is 1.91. The van der Waals surface area contributed by atoms with Crippen molar-refractivity contribution in [2.45, 2.75) is 26.3 Å². The van der Waals surface area contributed by atoms with Gasteiger partial charge >= 0.3 is 0 Å². The van der Waals surface area contributed by atoms with Gasteiger partial charge < -0.3 is 15.0 Å². The summed E-state index contributed by atoms with van der Waals surface area (Å²) in [6, 6.07) is 3.69. The van der Waals surface area contributed by atoms with Crippen molar-refractivity contribution in [1.29, 1.82) is 0 Å². The summed E-state index contributed by atoms with van der Waals surface area (Å²) in [5.74, 6) is 0.704. The molecular formula is C16H21N3O3S. The summed E-state index contributed by atoms with van der Waals surface area (Å²) in [7, 11) is 1.67. The number of unbranched alkanes of at least 4 members (excludes halogenated alkanes) is 1. The molecule has 23 heavy (non-hydrogen) atoms. The number of aromatic nitrogens is 1. The Morgan fingerprint density at radius 2 is 2.39 bits per heavy atom. The van der Waals surface area contributed by atoms with Gasteiger partial charge in [-0.15, -0.1) is 0 Å². The van der Waals surface area contributed by atoms with Gasteiger partial charge in [-0.05, 0) is 12.5 Å². The van der Waals surface area contributed by atoms with E-state index in [0.29, 0.717) is 29.8 Å². The molecule has 1 saturated heterocycles. The number of thioether (sulfide) groups is 1. The van der Waals surface area contributed by atoms with Gasteiger partial charge in [0.1, 0.15) is 0 Å². The summed E-state index contributed by atoms with van der Waals surface area (Å²) in [6.45, 7) is 3.04. The van der Waals surface area contributed by atoms with E-state index in [-0.39, 0.29) is 11.8 Å². The van der Waals surface area contributed by atoms with Crippen LogP contribution < -0.4 is 10.1 Å². The van der Waals surface area contributed by atoms with Crippen molar-refractivity contribution in [2.24, 2.45) is 0 Å². The van der Waals surface area contributed by atoms with Crippen LogP contribution in [0.25, 0.3) is 0 Å². The minimum absolute atomic E-state index is 0.00733. The van der Waals surface area contributed by atoms with Crippen molar-refractivity contribution < 1.29 is 14.3 Å². The largest absolute Gasteiger partial charge is 0.477 e. The first-order valence-corrected chi connectivity index (χ1v) is 8.56. The van der Waals surface area contributed by atoms with E-state index >= 15 is 0 Å². The second kappa shape index (κ2) is 8.57. The van der Waals surface area contributed by atoms with Gasteiger partial charge in [-0.3, -0.25) is 9.59 Å². The summed E-state index contributed by atoms with van der Waals surface area (Å²) < 4.78 is 5.64. The van der Waals surface area contributed by atoms with Gasteiger partial charge in [0.05, 0.1) is 17.4 Å². The number of ether oxygens (including phenoxy) is 1. The zero-order valence-electron chi connectivity index (χ0n) is 13.4. The molecule has 0 aliphatic carbocycles. The molecule has 1 aromatic rings. The molecule has 0 saturated carbocycles. The third-order valence-electron chi connectivity index (χ3n) is 3.34. The molecule has 0 unspecified atom stereocenters. The molecule has 2 rings (SSSR count). The van der Waals surface area contributed by atoms with Crippen molar-refractivity contribution in [2.75, 3.05) is 19.4 Å². The van der Waals surface area contributed by atoms with Crippen molar-refractivity contribution in [1.82, 2.24) is 15.2 Å². The van der Waals surface area contributed by atoms with Crippen LogP contribution in [0.1, 0.15) is 25.3 Å². The maximum atomic E-state index is 12.0. The van der Waals surface area contributed by atoms with Gasteiger partial charge in [-0.1, -0.05) is 31.2 Å². The third kappa shape index (κ3) is 4.99. The number of hydrogen-bond donors (Lipinski definition) is 1. The first-order chi connectivity index (χ1) is 11.1. The smallest absolute Gasteiger partial charge is 0.246 e. The molecule has 7 heteroatoms. The van der Waals surface area contributed by atoms with Gasteiger partial charge in [-0.25, -0.2) is 4.98 Å². The molecule has 0 radical (unpaired) electrons. The number of carbonyl (C=O) groups excluding carboxylic acids is 2.